The first-order valence-electron chi connectivity index (χ1n) is 6.72. The average Bonchev–Trinajstić information content (AvgIpc) is 2.73. The summed E-state index contributed by atoms with van der Waals surface area (Å²) in [6.07, 6.45) is 9.30. The summed E-state index contributed by atoms with van der Waals surface area (Å²) in [6.45, 7) is 0.902. The molecule has 0 saturated heterocycles. The van der Waals surface area contributed by atoms with Gasteiger partial charge in [0.15, 0.2) is 0 Å². The maximum Gasteiger partial charge on any atom is 0.222 e. The number of nitrogens with two attached hydrogens (primary N) is 1. The molecule has 2 N–H and O–H groups in total. The lowest BCUT2D eigenvalue weighted by molar-refractivity contribution is -0.128. The average molecular weight is 249 g/mol. The number of aryl methyl sites for hydroxylation is 2. The Kier molecular flexibility index (Phi) is 4.07. The first kappa shape index (κ1) is 13.1. The lowest BCUT2D eigenvalue weighted by Gasteiger charge is -2.17. The third-order valence-corrected chi connectivity index (χ3v) is 3.66. The topological polar surface area (TPSA) is 51.3 Å². The minimum atomic E-state index is 0.198. The molecule has 2 rings (SSSR count). The van der Waals surface area contributed by atoms with Crippen LogP contribution in [0.1, 0.15) is 42.9 Å². The molecule has 1 unspecified atom stereocenters. The van der Waals surface area contributed by atoms with Gasteiger partial charge in [-0.25, -0.2) is 0 Å². The van der Waals surface area contributed by atoms with E-state index >= 15 is 0 Å². The molecule has 18 heavy (non-hydrogen) atoms. The van der Waals surface area contributed by atoms with Gasteiger partial charge in [0.1, 0.15) is 0 Å². The Morgan fingerprint density at radius 2 is 2.28 bits per heavy atom. The molecule has 1 amide bonds. The summed E-state index contributed by atoms with van der Waals surface area (Å²) >= 11 is 0. The van der Waals surface area contributed by atoms with Gasteiger partial charge >= 0.3 is 0 Å². The normalized spacial score (nSPS) is 18.5. The van der Waals surface area contributed by atoms with Crippen molar-refractivity contribution in [2.24, 2.45) is 5.73 Å². The summed E-state index contributed by atoms with van der Waals surface area (Å²) in [5.74, 6) is 0.198. The molecule has 100 valence electrons. The Bertz CT molecular complexity index is 423. The third-order valence-electron chi connectivity index (χ3n) is 3.66. The third kappa shape index (κ3) is 2.93. The minimum Gasteiger partial charge on any atom is -0.354 e. The molecule has 1 aliphatic carbocycles. The second-order valence-electron chi connectivity index (χ2n) is 5.37. The van der Waals surface area contributed by atoms with Gasteiger partial charge in [-0.3, -0.25) is 4.79 Å². The lowest BCUT2D eigenvalue weighted by atomic mass is 9.92. The van der Waals surface area contributed by atoms with Crippen LogP contribution in [-0.4, -0.2) is 29.5 Å². The molecule has 4 heteroatoms. The summed E-state index contributed by atoms with van der Waals surface area (Å²) in [5, 5.41) is 0. The van der Waals surface area contributed by atoms with Crippen LogP contribution in [0.5, 0.6) is 0 Å². The first-order chi connectivity index (χ1) is 8.58. The van der Waals surface area contributed by atoms with E-state index in [1.807, 2.05) is 0 Å². The molecule has 0 saturated carbocycles. The minimum absolute atomic E-state index is 0.198. The second-order valence-corrected chi connectivity index (χ2v) is 5.37. The van der Waals surface area contributed by atoms with E-state index in [-0.39, 0.29) is 11.9 Å². The van der Waals surface area contributed by atoms with Crippen LogP contribution in [0.15, 0.2) is 12.4 Å². The lowest BCUT2D eigenvalue weighted by Crippen LogP contribution is -2.21. The van der Waals surface area contributed by atoms with Crippen molar-refractivity contribution < 1.29 is 4.79 Å². The molecule has 4 nitrogen and oxygen atoms in total. The van der Waals surface area contributed by atoms with Gasteiger partial charge in [0.2, 0.25) is 5.91 Å². The van der Waals surface area contributed by atoms with Crippen molar-refractivity contribution in [2.45, 2.75) is 44.7 Å². The Hall–Kier alpha value is -1.29. The molecular weight excluding hydrogens is 226 g/mol. The predicted molar refractivity (Wildman–Crippen MR) is 72.2 cm³/mol. The van der Waals surface area contributed by atoms with Gasteiger partial charge in [0.25, 0.3) is 0 Å². The highest BCUT2D eigenvalue weighted by atomic mass is 16.2. The van der Waals surface area contributed by atoms with Crippen molar-refractivity contribution in [2.75, 3.05) is 14.1 Å². The van der Waals surface area contributed by atoms with Crippen LogP contribution < -0.4 is 5.73 Å². The zero-order valence-corrected chi connectivity index (χ0v) is 11.4. The van der Waals surface area contributed by atoms with Crippen molar-refractivity contribution in [3.63, 3.8) is 0 Å². The first-order valence-corrected chi connectivity index (χ1v) is 6.72. The number of carbonyl (C=O) groups is 1. The van der Waals surface area contributed by atoms with E-state index in [0.717, 1.165) is 25.8 Å². The van der Waals surface area contributed by atoms with E-state index in [0.29, 0.717) is 6.42 Å². The fraction of sp³-hybridized carbons (Fsp3) is 0.643. The van der Waals surface area contributed by atoms with E-state index in [1.54, 1.807) is 19.0 Å². The molecule has 0 radical (unpaired) electrons. The Morgan fingerprint density at radius 1 is 1.50 bits per heavy atom. The van der Waals surface area contributed by atoms with Crippen molar-refractivity contribution in [1.82, 2.24) is 9.47 Å². The van der Waals surface area contributed by atoms with Crippen LogP contribution in [0.4, 0.5) is 0 Å². The predicted octanol–water partition coefficient (Wildman–Crippen LogP) is 1.69. The standard InChI is InChI=1S/C14H23N3O/c1-16(2)14(18)7-4-8-17-9-11-5-3-6-13(15)12(11)10-17/h9-10,13H,3-8,15H2,1-2H3. The largest absolute Gasteiger partial charge is 0.354 e. The van der Waals surface area contributed by atoms with Gasteiger partial charge in [-0.15, -0.1) is 0 Å². The molecular formula is C14H23N3O. The van der Waals surface area contributed by atoms with Crippen LogP contribution >= 0.6 is 0 Å². The Balaban J connectivity index is 1.89. The highest BCUT2D eigenvalue weighted by molar-refractivity contribution is 5.75. The summed E-state index contributed by atoms with van der Waals surface area (Å²) in [6, 6.07) is 0.207. The zero-order chi connectivity index (χ0) is 13.1. The van der Waals surface area contributed by atoms with Crippen LogP contribution in [0.3, 0.4) is 0 Å². The molecule has 1 atom stereocenters. The summed E-state index contributed by atoms with van der Waals surface area (Å²) in [7, 11) is 3.60. The SMILES string of the molecule is CN(C)C(=O)CCCn1cc2c(c1)C(N)CCC2. The van der Waals surface area contributed by atoms with Crippen LogP contribution in [0.25, 0.3) is 0 Å². The van der Waals surface area contributed by atoms with Crippen LogP contribution in [0.2, 0.25) is 0 Å². The zero-order valence-electron chi connectivity index (χ0n) is 11.4. The fourth-order valence-electron chi connectivity index (χ4n) is 2.55. The highest BCUT2D eigenvalue weighted by Gasteiger charge is 2.18. The van der Waals surface area contributed by atoms with Crippen molar-refractivity contribution >= 4 is 5.91 Å². The van der Waals surface area contributed by atoms with Crippen LogP contribution in [0, 0.1) is 0 Å². The van der Waals surface area contributed by atoms with Crippen molar-refractivity contribution in [1.29, 1.82) is 0 Å². The molecule has 1 aromatic heterocycles. The molecule has 1 aliphatic rings. The van der Waals surface area contributed by atoms with Gasteiger partial charge in [-0.1, -0.05) is 0 Å². The van der Waals surface area contributed by atoms with E-state index in [9.17, 15) is 4.79 Å². The summed E-state index contributed by atoms with van der Waals surface area (Å²) in [4.78, 5) is 13.1. The molecule has 0 aromatic carbocycles. The quantitative estimate of drug-likeness (QED) is 0.883. The summed E-state index contributed by atoms with van der Waals surface area (Å²) < 4.78 is 2.19. The number of carbonyl (C=O) groups excluding carboxylic acids is 1. The van der Waals surface area contributed by atoms with E-state index in [1.165, 1.54) is 17.5 Å². The summed E-state index contributed by atoms with van der Waals surface area (Å²) in [5.41, 5.74) is 8.80. The smallest absolute Gasteiger partial charge is 0.222 e. The van der Waals surface area contributed by atoms with Crippen molar-refractivity contribution in [3.8, 4) is 0 Å². The van der Waals surface area contributed by atoms with Gasteiger partial charge in [-0.05, 0) is 36.8 Å². The number of hydrogen-bond donors (Lipinski definition) is 1. The molecule has 0 fully saturated rings. The molecule has 0 spiro atoms. The number of nitrogens with zero attached hydrogens (tertiary/aromatic N) is 2. The number of aromatic nitrogens is 1. The van der Waals surface area contributed by atoms with Crippen molar-refractivity contribution in [3.05, 3.63) is 23.5 Å². The molecule has 1 aromatic rings. The second kappa shape index (κ2) is 5.57. The number of hydrogen-bond acceptors (Lipinski definition) is 2. The number of amides is 1. The Labute approximate surface area is 109 Å². The van der Waals surface area contributed by atoms with Crippen LogP contribution in [-0.2, 0) is 17.8 Å². The van der Waals surface area contributed by atoms with Gasteiger partial charge < -0.3 is 15.2 Å². The number of fused-ring (bicyclic) bond motifs is 1. The van der Waals surface area contributed by atoms with E-state index in [2.05, 4.69) is 17.0 Å². The maximum atomic E-state index is 11.5. The van der Waals surface area contributed by atoms with E-state index < -0.39 is 0 Å². The monoisotopic (exact) mass is 249 g/mol. The van der Waals surface area contributed by atoms with Gasteiger partial charge in [0, 0.05) is 45.5 Å². The highest BCUT2D eigenvalue weighted by Crippen LogP contribution is 2.28. The van der Waals surface area contributed by atoms with E-state index in [4.69, 9.17) is 5.73 Å². The fourth-order valence-corrected chi connectivity index (χ4v) is 2.55. The number of rotatable bonds is 4. The van der Waals surface area contributed by atoms with Gasteiger partial charge in [-0.2, -0.15) is 0 Å². The molecule has 0 bridgehead atoms. The maximum absolute atomic E-state index is 11.5. The molecule has 0 aliphatic heterocycles. The molecule has 1 heterocycles. The van der Waals surface area contributed by atoms with Gasteiger partial charge in [0.05, 0.1) is 0 Å². The Morgan fingerprint density at radius 3 is 2.94 bits per heavy atom.